The van der Waals surface area contributed by atoms with Crippen molar-refractivity contribution in [3.8, 4) is 0 Å². The van der Waals surface area contributed by atoms with Crippen LogP contribution in [-0.2, 0) is 0 Å². The van der Waals surface area contributed by atoms with Crippen molar-refractivity contribution in [2.45, 2.75) is 13.8 Å². The van der Waals surface area contributed by atoms with Gasteiger partial charge in [0.15, 0.2) is 0 Å². The van der Waals surface area contributed by atoms with Crippen molar-refractivity contribution in [1.82, 2.24) is 0 Å². The fraction of sp³-hybridized carbons (Fsp3) is 1.00. The molecule has 2 heteroatoms. The fourth-order valence-electron chi connectivity index (χ4n) is 0.204. The average molecular weight is 113 g/mol. The van der Waals surface area contributed by atoms with E-state index in [2.05, 4.69) is 13.8 Å². The molecule has 0 rings (SSSR count). The summed E-state index contributed by atoms with van der Waals surface area (Å²) >= 11 is 1.96. The summed E-state index contributed by atoms with van der Waals surface area (Å²) < 4.78 is 0. The first kappa shape index (κ1) is 10.4. The SMILES string of the molecule is CCSCC.[Na+]. The molecule has 0 saturated heterocycles. The van der Waals surface area contributed by atoms with Crippen LogP contribution < -0.4 is 29.6 Å². The van der Waals surface area contributed by atoms with Gasteiger partial charge in [0, 0.05) is 0 Å². The van der Waals surface area contributed by atoms with Crippen molar-refractivity contribution in [2.24, 2.45) is 0 Å². The molecule has 0 saturated carbocycles. The molecule has 0 aliphatic heterocycles. The Balaban J connectivity index is 0. The zero-order valence-electron chi connectivity index (χ0n) is 4.82. The Labute approximate surface area is 66.4 Å². The minimum atomic E-state index is 0. The van der Waals surface area contributed by atoms with Gasteiger partial charge in [0.25, 0.3) is 0 Å². The van der Waals surface area contributed by atoms with Gasteiger partial charge in [0.05, 0.1) is 0 Å². The zero-order chi connectivity index (χ0) is 4.12. The standard InChI is InChI=1S/C4H10S.Na/c1-3-5-4-2;/h3-4H2,1-2H3;/q;+1. The van der Waals surface area contributed by atoms with Gasteiger partial charge in [0.1, 0.15) is 0 Å². The van der Waals surface area contributed by atoms with Gasteiger partial charge in [-0.05, 0) is 11.5 Å². The minimum absolute atomic E-state index is 0. The molecule has 6 heavy (non-hydrogen) atoms. The van der Waals surface area contributed by atoms with Crippen LogP contribution in [0.5, 0.6) is 0 Å². The van der Waals surface area contributed by atoms with Gasteiger partial charge < -0.3 is 0 Å². The first-order chi connectivity index (χ1) is 2.41. The molecular formula is C4H10NaS+. The van der Waals surface area contributed by atoms with Gasteiger partial charge in [-0.1, -0.05) is 13.8 Å². The summed E-state index contributed by atoms with van der Waals surface area (Å²) in [4.78, 5) is 0. The monoisotopic (exact) mass is 113 g/mol. The third kappa shape index (κ3) is 9.02. The van der Waals surface area contributed by atoms with Crippen molar-refractivity contribution in [1.29, 1.82) is 0 Å². The maximum Gasteiger partial charge on any atom is 1.00 e. The van der Waals surface area contributed by atoms with Gasteiger partial charge in [-0.25, -0.2) is 0 Å². The molecule has 0 radical (unpaired) electrons. The zero-order valence-corrected chi connectivity index (χ0v) is 7.64. The Morgan fingerprint density at radius 3 is 1.50 bits per heavy atom. The molecule has 0 fully saturated rings. The molecule has 0 bridgehead atoms. The molecule has 0 atom stereocenters. The third-order valence-electron chi connectivity index (χ3n) is 0.408. The number of thioether (sulfide) groups is 1. The van der Waals surface area contributed by atoms with Crippen LogP contribution in [0.25, 0.3) is 0 Å². The predicted octanol–water partition coefficient (Wildman–Crippen LogP) is -1.24. The fourth-order valence-corrected chi connectivity index (χ4v) is 0.612. The van der Waals surface area contributed by atoms with Crippen LogP contribution in [0.3, 0.4) is 0 Å². The Bertz CT molecular complexity index is 15.0. The van der Waals surface area contributed by atoms with E-state index < -0.39 is 0 Å². The summed E-state index contributed by atoms with van der Waals surface area (Å²) in [5.74, 6) is 2.52. The van der Waals surface area contributed by atoms with Gasteiger partial charge in [0.2, 0.25) is 0 Å². The average Bonchev–Trinajstić information content (AvgIpc) is 1.41. The first-order valence-electron chi connectivity index (χ1n) is 1.99. The molecule has 0 spiro atoms. The van der Waals surface area contributed by atoms with Crippen molar-refractivity contribution >= 4 is 11.8 Å². The van der Waals surface area contributed by atoms with E-state index in [0.29, 0.717) is 0 Å². The van der Waals surface area contributed by atoms with Gasteiger partial charge in [-0.3, -0.25) is 0 Å². The molecule has 0 aliphatic carbocycles. The molecule has 0 unspecified atom stereocenters. The summed E-state index contributed by atoms with van der Waals surface area (Å²) in [5.41, 5.74) is 0. The van der Waals surface area contributed by atoms with Crippen molar-refractivity contribution in [3.63, 3.8) is 0 Å². The van der Waals surface area contributed by atoms with Crippen molar-refractivity contribution in [2.75, 3.05) is 11.5 Å². The Morgan fingerprint density at radius 2 is 1.50 bits per heavy atom. The van der Waals surface area contributed by atoms with Crippen LogP contribution in [0.4, 0.5) is 0 Å². The largest absolute Gasteiger partial charge is 1.00 e. The maximum atomic E-state index is 2.17. The molecule has 0 amide bonds. The maximum absolute atomic E-state index is 2.17. The molecule has 32 valence electrons. The topological polar surface area (TPSA) is 0 Å². The van der Waals surface area contributed by atoms with E-state index in [1.807, 2.05) is 11.8 Å². The summed E-state index contributed by atoms with van der Waals surface area (Å²) in [7, 11) is 0. The summed E-state index contributed by atoms with van der Waals surface area (Å²) in [6.07, 6.45) is 0. The van der Waals surface area contributed by atoms with E-state index in [1.165, 1.54) is 11.5 Å². The van der Waals surface area contributed by atoms with Crippen LogP contribution >= 0.6 is 11.8 Å². The predicted molar refractivity (Wildman–Crippen MR) is 28.7 cm³/mol. The van der Waals surface area contributed by atoms with Gasteiger partial charge in [-0.2, -0.15) is 11.8 Å². The third-order valence-corrected chi connectivity index (χ3v) is 1.22. The second-order valence-corrected chi connectivity index (χ2v) is 2.34. The molecule has 0 N–H and O–H groups in total. The quantitative estimate of drug-likeness (QED) is 0.404. The normalized spacial score (nSPS) is 7.00. The summed E-state index contributed by atoms with van der Waals surface area (Å²) in [6.45, 7) is 4.35. The molecule has 0 nitrogen and oxygen atoms in total. The van der Waals surface area contributed by atoms with E-state index in [9.17, 15) is 0 Å². The van der Waals surface area contributed by atoms with E-state index in [4.69, 9.17) is 0 Å². The van der Waals surface area contributed by atoms with E-state index in [-0.39, 0.29) is 29.6 Å². The molecule has 0 aromatic heterocycles. The second-order valence-electron chi connectivity index (χ2n) is 0.781. The smallest absolute Gasteiger partial charge is 0.163 e. The number of hydrogen-bond donors (Lipinski definition) is 0. The van der Waals surface area contributed by atoms with Crippen LogP contribution in [0.2, 0.25) is 0 Å². The molecule has 0 aromatic rings. The Morgan fingerprint density at radius 1 is 1.17 bits per heavy atom. The minimum Gasteiger partial charge on any atom is -0.163 e. The van der Waals surface area contributed by atoms with Crippen LogP contribution in [0, 0.1) is 0 Å². The van der Waals surface area contributed by atoms with E-state index >= 15 is 0 Å². The number of rotatable bonds is 2. The van der Waals surface area contributed by atoms with Crippen molar-refractivity contribution < 1.29 is 29.6 Å². The Hall–Kier alpha value is 1.35. The Kier molecular flexibility index (Phi) is 16.6. The molecule has 0 aromatic carbocycles. The van der Waals surface area contributed by atoms with Gasteiger partial charge >= 0.3 is 29.6 Å². The van der Waals surface area contributed by atoms with Crippen LogP contribution in [0.15, 0.2) is 0 Å². The second kappa shape index (κ2) is 9.61. The van der Waals surface area contributed by atoms with Crippen LogP contribution in [0.1, 0.15) is 13.8 Å². The molecule has 0 heterocycles. The summed E-state index contributed by atoms with van der Waals surface area (Å²) in [6, 6.07) is 0. The van der Waals surface area contributed by atoms with E-state index in [1.54, 1.807) is 0 Å². The summed E-state index contributed by atoms with van der Waals surface area (Å²) in [5, 5.41) is 0. The van der Waals surface area contributed by atoms with Crippen LogP contribution in [-0.4, -0.2) is 11.5 Å². The molecule has 0 aliphatic rings. The van der Waals surface area contributed by atoms with E-state index in [0.717, 1.165) is 0 Å². The van der Waals surface area contributed by atoms with Gasteiger partial charge in [-0.15, -0.1) is 0 Å². The number of hydrogen-bond acceptors (Lipinski definition) is 1. The molecular weight excluding hydrogens is 103 g/mol. The van der Waals surface area contributed by atoms with Crippen molar-refractivity contribution in [3.05, 3.63) is 0 Å². The first-order valence-corrected chi connectivity index (χ1v) is 3.15.